The van der Waals surface area contributed by atoms with Crippen molar-refractivity contribution in [3.05, 3.63) is 64.7 Å². The van der Waals surface area contributed by atoms with Crippen molar-refractivity contribution in [3.8, 4) is 5.75 Å². The Labute approximate surface area is 118 Å². The molecule has 3 heteroatoms. The number of methoxy groups -OCH3 is 1. The lowest BCUT2D eigenvalue weighted by molar-refractivity contribution is 0.0696. The average molecular weight is 268 g/mol. The minimum absolute atomic E-state index is 0.296. The van der Waals surface area contributed by atoms with E-state index in [1.165, 1.54) is 0 Å². The molecule has 0 saturated carbocycles. The first-order valence-electron chi connectivity index (χ1n) is 6.27. The molecule has 0 aromatic heterocycles. The van der Waals surface area contributed by atoms with E-state index in [2.05, 4.69) is 0 Å². The van der Waals surface area contributed by atoms with E-state index >= 15 is 0 Å². The van der Waals surface area contributed by atoms with Crippen molar-refractivity contribution in [1.29, 1.82) is 0 Å². The third-order valence-electron chi connectivity index (χ3n) is 3.18. The number of benzene rings is 2. The number of carboxylic acids is 1. The summed E-state index contributed by atoms with van der Waals surface area (Å²) in [5.74, 6) is -0.105. The van der Waals surface area contributed by atoms with Gasteiger partial charge in [-0.1, -0.05) is 42.5 Å². The summed E-state index contributed by atoms with van der Waals surface area (Å²) in [7, 11) is 1.63. The van der Waals surface area contributed by atoms with Gasteiger partial charge in [0.05, 0.1) is 12.7 Å². The van der Waals surface area contributed by atoms with Crippen molar-refractivity contribution in [1.82, 2.24) is 0 Å². The molecule has 0 aliphatic heterocycles. The first kappa shape index (κ1) is 13.9. The van der Waals surface area contributed by atoms with Crippen molar-refractivity contribution < 1.29 is 14.6 Å². The van der Waals surface area contributed by atoms with E-state index in [0.29, 0.717) is 11.1 Å². The van der Waals surface area contributed by atoms with Crippen molar-refractivity contribution in [2.24, 2.45) is 0 Å². The number of aromatic carboxylic acids is 1. The van der Waals surface area contributed by atoms with Crippen LogP contribution in [0, 0.1) is 6.92 Å². The predicted octanol–water partition coefficient (Wildman–Crippen LogP) is 3.87. The van der Waals surface area contributed by atoms with Crippen LogP contribution in [-0.2, 0) is 0 Å². The largest absolute Gasteiger partial charge is 0.496 e. The Bertz CT molecular complexity index is 657. The van der Waals surface area contributed by atoms with Crippen LogP contribution in [-0.4, -0.2) is 18.2 Å². The van der Waals surface area contributed by atoms with Crippen molar-refractivity contribution in [2.45, 2.75) is 6.92 Å². The van der Waals surface area contributed by atoms with E-state index in [0.717, 1.165) is 16.9 Å². The number of carbonyl (C=O) groups is 1. The van der Waals surface area contributed by atoms with Crippen LogP contribution in [0.2, 0.25) is 0 Å². The van der Waals surface area contributed by atoms with E-state index in [1.807, 2.05) is 43.3 Å². The SMILES string of the molecule is COc1cccc(/C=C/c2ccccc2C(=O)O)c1C. The molecule has 0 radical (unpaired) electrons. The van der Waals surface area contributed by atoms with Crippen molar-refractivity contribution in [2.75, 3.05) is 7.11 Å². The molecule has 2 aromatic carbocycles. The fourth-order valence-corrected chi connectivity index (χ4v) is 2.05. The van der Waals surface area contributed by atoms with Gasteiger partial charge in [-0.2, -0.15) is 0 Å². The summed E-state index contributed by atoms with van der Waals surface area (Å²) in [5, 5.41) is 9.15. The van der Waals surface area contributed by atoms with E-state index in [-0.39, 0.29) is 0 Å². The lowest BCUT2D eigenvalue weighted by atomic mass is 10.0. The molecule has 0 saturated heterocycles. The lowest BCUT2D eigenvalue weighted by Gasteiger charge is -2.07. The first-order chi connectivity index (χ1) is 9.63. The average Bonchev–Trinajstić information content (AvgIpc) is 2.46. The van der Waals surface area contributed by atoms with Crippen LogP contribution in [0.25, 0.3) is 12.2 Å². The Balaban J connectivity index is 2.38. The summed E-state index contributed by atoms with van der Waals surface area (Å²) in [6.45, 7) is 1.97. The van der Waals surface area contributed by atoms with Gasteiger partial charge in [0.1, 0.15) is 5.75 Å². The molecule has 102 valence electrons. The third-order valence-corrected chi connectivity index (χ3v) is 3.18. The second-order valence-electron chi connectivity index (χ2n) is 4.40. The van der Waals surface area contributed by atoms with Gasteiger partial charge in [-0.15, -0.1) is 0 Å². The smallest absolute Gasteiger partial charge is 0.336 e. The molecule has 2 rings (SSSR count). The van der Waals surface area contributed by atoms with Crippen LogP contribution in [0.3, 0.4) is 0 Å². The van der Waals surface area contributed by atoms with Gasteiger partial charge in [0, 0.05) is 0 Å². The Morgan fingerprint density at radius 2 is 1.70 bits per heavy atom. The molecule has 1 N–H and O–H groups in total. The Morgan fingerprint density at radius 3 is 2.40 bits per heavy atom. The minimum Gasteiger partial charge on any atom is -0.496 e. The lowest BCUT2D eigenvalue weighted by Crippen LogP contribution is -1.98. The summed E-state index contributed by atoms with van der Waals surface area (Å²) in [6, 6.07) is 12.7. The molecule has 20 heavy (non-hydrogen) atoms. The van der Waals surface area contributed by atoms with E-state index in [9.17, 15) is 4.79 Å². The molecule has 3 nitrogen and oxygen atoms in total. The Kier molecular flexibility index (Phi) is 4.20. The molecule has 0 fully saturated rings. The van der Waals surface area contributed by atoms with Crippen molar-refractivity contribution >= 4 is 18.1 Å². The quantitative estimate of drug-likeness (QED) is 0.856. The van der Waals surface area contributed by atoms with Crippen LogP contribution in [0.5, 0.6) is 5.75 Å². The fourth-order valence-electron chi connectivity index (χ4n) is 2.05. The Hall–Kier alpha value is -2.55. The normalized spacial score (nSPS) is 10.7. The highest BCUT2D eigenvalue weighted by Gasteiger charge is 2.06. The van der Waals surface area contributed by atoms with E-state index in [4.69, 9.17) is 9.84 Å². The minimum atomic E-state index is -0.924. The molecule has 0 bridgehead atoms. The second kappa shape index (κ2) is 6.06. The number of ether oxygens (including phenoxy) is 1. The van der Waals surface area contributed by atoms with Gasteiger partial charge in [-0.05, 0) is 35.7 Å². The maximum atomic E-state index is 11.1. The molecule has 0 atom stereocenters. The zero-order valence-electron chi connectivity index (χ0n) is 11.5. The number of carboxylic acid groups (broad SMARTS) is 1. The molecule has 0 amide bonds. The van der Waals surface area contributed by atoms with Crippen LogP contribution >= 0.6 is 0 Å². The Morgan fingerprint density at radius 1 is 1.05 bits per heavy atom. The van der Waals surface area contributed by atoms with Crippen LogP contribution in [0.4, 0.5) is 0 Å². The summed E-state index contributed by atoms with van der Waals surface area (Å²) in [5.41, 5.74) is 3.01. The summed E-state index contributed by atoms with van der Waals surface area (Å²) in [6.07, 6.45) is 3.71. The van der Waals surface area contributed by atoms with E-state index < -0.39 is 5.97 Å². The predicted molar refractivity (Wildman–Crippen MR) is 80.1 cm³/mol. The van der Waals surface area contributed by atoms with Crippen molar-refractivity contribution in [3.63, 3.8) is 0 Å². The molecular weight excluding hydrogens is 252 g/mol. The molecule has 0 unspecified atom stereocenters. The molecule has 0 aliphatic carbocycles. The second-order valence-corrected chi connectivity index (χ2v) is 4.40. The number of rotatable bonds is 4. The van der Waals surface area contributed by atoms with Gasteiger partial charge in [0.15, 0.2) is 0 Å². The zero-order valence-corrected chi connectivity index (χ0v) is 11.5. The maximum absolute atomic E-state index is 11.1. The fraction of sp³-hybridized carbons (Fsp3) is 0.118. The van der Waals surface area contributed by atoms with Gasteiger partial charge in [0.25, 0.3) is 0 Å². The number of hydrogen-bond acceptors (Lipinski definition) is 2. The third kappa shape index (κ3) is 2.88. The monoisotopic (exact) mass is 268 g/mol. The summed E-state index contributed by atoms with van der Waals surface area (Å²) >= 11 is 0. The molecule has 0 heterocycles. The zero-order chi connectivity index (χ0) is 14.5. The number of hydrogen-bond donors (Lipinski definition) is 1. The highest BCUT2D eigenvalue weighted by Crippen LogP contribution is 2.23. The first-order valence-corrected chi connectivity index (χ1v) is 6.27. The highest BCUT2D eigenvalue weighted by atomic mass is 16.5. The molecule has 2 aromatic rings. The summed E-state index contributed by atoms with van der Waals surface area (Å²) < 4.78 is 5.27. The molecule has 0 spiro atoms. The standard InChI is InChI=1S/C17H16O3/c1-12-13(7-5-9-16(12)20-2)10-11-14-6-3-4-8-15(14)17(18)19/h3-11H,1-2H3,(H,18,19)/b11-10+. The van der Waals surface area contributed by atoms with Crippen LogP contribution in [0.15, 0.2) is 42.5 Å². The molecule has 0 aliphatic rings. The summed E-state index contributed by atoms with van der Waals surface area (Å²) in [4.78, 5) is 11.1. The van der Waals surface area contributed by atoms with Gasteiger partial charge in [-0.3, -0.25) is 0 Å². The molecular formula is C17H16O3. The van der Waals surface area contributed by atoms with Gasteiger partial charge in [-0.25, -0.2) is 4.79 Å². The highest BCUT2D eigenvalue weighted by molar-refractivity contribution is 5.93. The van der Waals surface area contributed by atoms with Gasteiger partial charge in [0.2, 0.25) is 0 Å². The maximum Gasteiger partial charge on any atom is 0.336 e. The van der Waals surface area contributed by atoms with Gasteiger partial charge < -0.3 is 9.84 Å². The van der Waals surface area contributed by atoms with Crippen LogP contribution in [0.1, 0.15) is 27.0 Å². The van der Waals surface area contributed by atoms with Crippen LogP contribution < -0.4 is 4.74 Å². The van der Waals surface area contributed by atoms with Gasteiger partial charge >= 0.3 is 5.97 Å². The van der Waals surface area contributed by atoms with E-state index in [1.54, 1.807) is 25.3 Å². The topological polar surface area (TPSA) is 46.5 Å².